The second kappa shape index (κ2) is 5.66. The molecule has 0 spiro atoms. The van der Waals surface area contributed by atoms with Crippen LogP contribution in [-0.4, -0.2) is 9.78 Å². The molecule has 0 unspecified atom stereocenters. The Bertz CT molecular complexity index is 809. The van der Waals surface area contributed by atoms with Gasteiger partial charge in [-0.2, -0.15) is 5.10 Å². The van der Waals surface area contributed by atoms with Crippen molar-refractivity contribution in [2.45, 2.75) is 0 Å². The van der Waals surface area contributed by atoms with Gasteiger partial charge < -0.3 is 5.73 Å². The van der Waals surface area contributed by atoms with Crippen LogP contribution in [0.2, 0.25) is 0 Å². The third-order valence-electron chi connectivity index (χ3n) is 3.33. The molecule has 2 N–H and O–H groups in total. The van der Waals surface area contributed by atoms with E-state index in [4.69, 9.17) is 5.73 Å². The maximum absolute atomic E-state index is 6.24. The van der Waals surface area contributed by atoms with Gasteiger partial charge in [0.05, 0.1) is 5.56 Å². The van der Waals surface area contributed by atoms with Gasteiger partial charge in [0.15, 0.2) is 0 Å². The summed E-state index contributed by atoms with van der Waals surface area (Å²) < 4.78 is 3.73. The van der Waals surface area contributed by atoms with Crippen LogP contribution in [-0.2, 0) is 7.05 Å². The molecular weight excluding hydrogens is 394 g/mol. The van der Waals surface area contributed by atoms with Crippen LogP contribution in [0.4, 0.5) is 5.82 Å². The first-order chi connectivity index (χ1) is 10.1. The highest BCUT2D eigenvalue weighted by atomic mass is 79.9. The van der Waals surface area contributed by atoms with Gasteiger partial charge in [0, 0.05) is 21.6 Å². The Morgan fingerprint density at radius 3 is 2.52 bits per heavy atom. The van der Waals surface area contributed by atoms with E-state index in [-0.39, 0.29) is 0 Å². The first-order valence-electron chi connectivity index (χ1n) is 6.41. The Morgan fingerprint density at radius 1 is 1.05 bits per heavy atom. The van der Waals surface area contributed by atoms with Crippen LogP contribution in [0.5, 0.6) is 0 Å². The van der Waals surface area contributed by atoms with Crippen molar-refractivity contribution in [1.82, 2.24) is 9.78 Å². The normalized spacial score (nSPS) is 10.8. The summed E-state index contributed by atoms with van der Waals surface area (Å²) in [5, 5.41) is 4.59. The summed E-state index contributed by atoms with van der Waals surface area (Å²) in [7, 11) is 1.86. The highest BCUT2D eigenvalue weighted by Gasteiger charge is 2.18. The van der Waals surface area contributed by atoms with E-state index in [1.807, 2.05) is 55.6 Å². The summed E-state index contributed by atoms with van der Waals surface area (Å²) >= 11 is 7.10. The molecule has 0 amide bonds. The first-order valence-corrected chi connectivity index (χ1v) is 8.00. The van der Waals surface area contributed by atoms with Crippen LogP contribution in [0, 0.1) is 0 Å². The van der Waals surface area contributed by atoms with Gasteiger partial charge in [0.1, 0.15) is 11.5 Å². The number of halogens is 2. The number of nitrogens with zero attached hydrogens (tertiary/aromatic N) is 2. The van der Waals surface area contributed by atoms with Crippen molar-refractivity contribution < 1.29 is 0 Å². The maximum Gasteiger partial charge on any atom is 0.129 e. The summed E-state index contributed by atoms with van der Waals surface area (Å²) in [6.45, 7) is 0. The van der Waals surface area contributed by atoms with Gasteiger partial charge >= 0.3 is 0 Å². The monoisotopic (exact) mass is 405 g/mol. The fourth-order valence-corrected chi connectivity index (χ4v) is 3.18. The topological polar surface area (TPSA) is 43.8 Å². The van der Waals surface area contributed by atoms with Crippen LogP contribution in [0.25, 0.3) is 22.4 Å². The van der Waals surface area contributed by atoms with E-state index in [0.29, 0.717) is 5.82 Å². The Balaban J connectivity index is 2.29. The number of hydrogen-bond donors (Lipinski definition) is 1. The molecule has 3 nitrogen and oxygen atoms in total. The second-order valence-corrected chi connectivity index (χ2v) is 6.49. The lowest BCUT2D eigenvalue weighted by Crippen LogP contribution is -1.97. The number of aryl methyl sites for hydroxylation is 1. The smallest absolute Gasteiger partial charge is 0.129 e. The SMILES string of the molecule is Cn1nc(-c2ccccc2Br)c(-c2cccc(Br)c2)c1N. The Morgan fingerprint density at radius 2 is 1.81 bits per heavy atom. The Labute approximate surface area is 140 Å². The van der Waals surface area contributed by atoms with E-state index in [1.54, 1.807) is 4.68 Å². The molecule has 0 aliphatic rings. The van der Waals surface area contributed by atoms with Gasteiger partial charge in [-0.15, -0.1) is 0 Å². The maximum atomic E-state index is 6.24. The highest BCUT2D eigenvalue weighted by Crippen LogP contribution is 2.39. The number of nitrogen functional groups attached to an aromatic ring is 1. The standard InChI is InChI=1S/C16H13Br2N3/c1-21-16(19)14(10-5-4-6-11(17)9-10)15(20-21)12-7-2-3-8-13(12)18/h2-9H,19H2,1H3. The zero-order chi connectivity index (χ0) is 15.0. The number of rotatable bonds is 2. The molecule has 106 valence electrons. The van der Waals surface area contributed by atoms with Crippen molar-refractivity contribution in [2.75, 3.05) is 5.73 Å². The van der Waals surface area contributed by atoms with Crippen LogP contribution in [0.3, 0.4) is 0 Å². The van der Waals surface area contributed by atoms with Crippen molar-refractivity contribution in [1.29, 1.82) is 0 Å². The van der Waals surface area contributed by atoms with E-state index in [9.17, 15) is 0 Å². The minimum Gasteiger partial charge on any atom is -0.383 e. The highest BCUT2D eigenvalue weighted by molar-refractivity contribution is 9.10. The van der Waals surface area contributed by atoms with E-state index in [2.05, 4.69) is 37.0 Å². The van der Waals surface area contributed by atoms with Gasteiger partial charge in [0.2, 0.25) is 0 Å². The zero-order valence-corrected chi connectivity index (χ0v) is 14.5. The van der Waals surface area contributed by atoms with Crippen molar-refractivity contribution in [3.63, 3.8) is 0 Å². The lowest BCUT2D eigenvalue weighted by molar-refractivity contribution is 0.782. The molecule has 3 aromatic rings. The molecule has 0 aliphatic heterocycles. The Kier molecular flexibility index (Phi) is 3.87. The largest absolute Gasteiger partial charge is 0.383 e. The quantitative estimate of drug-likeness (QED) is 0.660. The fourth-order valence-electron chi connectivity index (χ4n) is 2.31. The van der Waals surface area contributed by atoms with E-state index in [0.717, 1.165) is 31.3 Å². The predicted octanol–water partition coefficient (Wildman–Crippen LogP) is 4.86. The zero-order valence-electron chi connectivity index (χ0n) is 11.3. The molecule has 0 aliphatic carbocycles. The van der Waals surface area contributed by atoms with E-state index in [1.165, 1.54) is 0 Å². The van der Waals surface area contributed by atoms with Gasteiger partial charge in [-0.25, -0.2) is 0 Å². The first kappa shape index (κ1) is 14.4. The van der Waals surface area contributed by atoms with Crippen LogP contribution < -0.4 is 5.73 Å². The molecule has 0 radical (unpaired) electrons. The molecule has 1 aromatic heterocycles. The number of hydrogen-bond acceptors (Lipinski definition) is 2. The number of anilines is 1. The second-order valence-electron chi connectivity index (χ2n) is 4.72. The predicted molar refractivity (Wildman–Crippen MR) is 93.9 cm³/mol. The summed E-state index contributed by atoms with van der Waals surface area (Å²) in [4.78, 5) is 0. The molecular formula is C16H13Br2N3. The van der Waals surface area contributed by atoms with Crippen molar-refractivity contribution >= 4 is 37.7 Å². The third-order valence-corrected chi connectivity index (χ3v) is 4.52. The molecule has 0 saturated heterocycles. The summed E-state index contributed by atoms with van der Waals surface area (Å²) in [6, 6.07) is 16.1. The average molecular weight is 407 g/mol. The Hall–Kier alpha value is -1.59. The molecule has 0 bridgehead atoms. The van der Waals surface area contributed by atoms with Crippen molar-refractivity contribution in [2.24, 2.45) is 7.05 Å². The molecule has 0 saturated carbocycles. The van der Waals surface area contributed by atoms with Crippen LogP contribution in [0.1, 0.15) is 0 Å². The van der Waals surface area contributed by atoms with Crippen LogP contribution >= 0.6 is 31.9 Å². The fraction of sp³-hybridized carbons (Fsp3) is 0.0625. The van der Waals surface area contributed by atoms with Crippen molar-refractivity contribution in [3.8, 4) is 22.4 Å². The average Bonchev–Trinajstić information content (AvgIpc) is 2.75. The van der Waals surface area contributed by atoms with Crippen molar-refractivity contribution in [3.05, 3.63) is 57.5 Å². The molecule has 21 heavy (non-hydrogen) atoms. The molecule has 2 aromatic carbocycles. The summed E-state index contributed by atoms with van der Waals surface area (Å²) in [5.41, 5.74) is 10.1. The van der Waals surface area contributed by atoms with Gasteiger partial charge in [-0.1, -0.05) is 62.2 Å². The van der Waals surface area contributed by atoms with Crippen LogP contribution in [0.15, 0.2) is 57.5 Å². The molecule has 0 fully saturated rings. The number of aromatic nitrogens is 2. The molecule has 1 heterocycles. The van der Waals surface area contributed by atoms with Gasteiger partial charge in [0.25, 0.3) is 0 Å². The minimum absolute atomic E-state index is 0.652. The number of nitrogens with two attached hydrogens (primary N) is 1. The van der Waals surface area contributed by atoms with E-state index >= 15 is 0 Å². The summed E-state index contributed by atoms with van der Waals surface area (Å²) in [6.07, 6.45) is 0. The third kappa shape index (κ3) is 2.63. The molecule has 0 atom stereocenters. The minimum atomic E-state index is 0.652. The lowest BCUT2D eigenvalue weighted by Gasteiger charge is -2.06. The lowest BCUT2D eigenvalue weighted by atomic mass is 10.0. The molecule has 5 heteroatoms. The van der Waals surface area contributed by atoms with E-state index < -0.39 is 0 Å². The van der Waals surface area contributed by atoms with Gasteiger partial charge in [-0.3, -0.25) is 4.68 Å². The number of benzene rings is 2. The van der Waals surface area contributed by atoms with Gasteiger partial charge in [-0.05, 0) is 23.8 Å². The molecule has 3 rings (SSSR count). The summed E-state index contributed by atoms with van der Waals surface area (Å²) in [5.74, 6) is 0.652.